The molecule has 6 nitrogen and oxygen atoms in total. The molecule has 0 spiro atoms. The van der Waals surface area contributed by atoms with Crippen molar-refractivity contribution in [1.82, 2.24) is 9.38 Å². The van der Waals surface area contributed by atoms with Crippen LogP contribution in [0, 0.1) is 20.8 Å². The monoisotopic (exact) mass is 345 g/mol. The van der Waals surface area contributed by atoms with Gasteiger partial charge in [0, 0.05) is 12.4 Å². The highest BCUT2D eigenvalue weighted by Crippen LogP contribution is 2.28. The highest BCUT2D eigenvalue weighted by molar-refractivity contribution is 7.92. The van der Waals surface area contributed by atoms with Crippen molar-refractivity contribution in [3.05, 3.63) is 53.5 Å². The molecular weight excluding hydrogens is 326 g/mol. The second kappa shape index (κ2) is 5.83. The Morgan fingerprint density at radius 1 is 1.17 bits per heavy atom. The van der Waals surface area contributed by atoms with Gasteiger partial charge in [0.05, 0.1) is 23.4 Å². The van der Waals surface area contributed by atoms with Crippen LogP contribution in [0.15, 0.2) is 41.6 Å². The Hall–Kier alpha value is -2.54. The Bertz CT molecular complexity index is 1020. The van der Waals surface area contributed by atoms with E-state index in [1.165, 1.54) is 0 Å². The minimum Gasteiger partial charge on any atom is -0.496 e. The number of benzene rings is 1. The van der Waals surface area contributed by atoms with Crippen molar-refractivity contribution < 1.29 is 13.2 Å². The molecule has 0 amide bonds. The summed E-state index contributed by atoms with van der Waals surface area (Å²) in [4.78, 5) is 4.60. The molecule has 0 atom stereocenters. The van der Waals surface area contributed by atoms with Crippen molar-refractivity contribution in [2.75, 3.05) is 11.8 Å². The average Bonchev–Trinajstić information content (AvgIpc) is 2.90. The van der Waals surface area contributed by atoms with Crippen molar-refractivity contribution in [3.8, 4) is 5.75 Å². The number of methoxy groups -OCH3 is 1. The molecule has 0 saturated carbocycles. The SMILES string of the molecule is COc1cc(C)c(S(=O)(=O)Nc2cccn3cc(C)nc23)cc1C. The predicted molar refractivity (Wildman–Crippen MR) is 93.2 cm³/mol. The third-order valence-corrected chi connectivity index (χ3v) is 5.34. The van der Waals surface area contributed by atoms with Crippen LogP contribution in [0.5, 0.6) is 5.75 Å². The Morgan fingerprint density at radius 3 is 2.62 bits per heavy atom. The first-order valence-corrected chi connectivity index (χ1v) is 8.92. The molecule has 0 aliphatic heterocycles. The van der Waals surface area contributed by atoms with E-state index in [0.29, 0.717) is 22.6 Å². The van der Waals surface area contributed by atoms with Crippen LogP contribution in [0.2, 0.25) is 0 Å². The van der Waals surface area contributed by atoms with Crippen molar-refractivity contribution in [2.24, 2.45) is 0 Å². The highest BCUT2D eigenvalue weighted by atomic mass is 32.2. The predicted octanol–water partition coefficient (Wildman–Crippen LogP) is 3.07. The molecule has 0 saturated heterocycles. The first-order valence-electron chi connectivity index (χ1n) is 7.44. The summed E-state index contributed by atoms with van der Waals surface area (Å²) in [6.45, 7) is 5.43. The number of hydrogen-bond acceptors (Lipinski definition) is 4. The second-order valence-corrected chi connectivity index (χ2v) is 7.38. The van der Waals surface area contributed by atoms with Gasteiger partial charge in [-0.15, -0.1) is 0 Å². The third-order valence-electron chi connectivity index (χ3n) is 3.83. The molecule has 0 unspecified atom stereocenters. The van der Waals surface area contributed by atoms with Crippen LogP contribution in [0.4, 0.5) is 5.69 Å². The van der Waals surface area contributed by atoms with Gasteiger partial charge in [-0.3, -0.25) is 4.72 Å². The molecule has 0 bridgehead atoms. The van der Waals surface area contributed by atoms with E-state index in [2.05, 4.69) is 9.71 Å². The van der Waals surface area contributed by atoms with E-state index in [0.717, 1.165) is 11.3 Å². The zero-order valence-corrected chi connectivity index (χ0v) is 14.8. The molecule has 24 heavy (non-hydrogen) atoms. The lowest BCUT2D eigenvalue weighted by atomic mass is 10.1. The smallest absolute Gasteiger partial charge is 0.262 e. The van der Waals surface area contributed by atoms with Crippen LogP contribution in [0.25, 0.3) is 5.65 Å². The molecule has 0 fully saturated rings. The van der Waals surface area contributed by atoms with Crippen molar-refractivity contribution in [3.63, 3.8) is 0 Å². The van der Waals surface area contributed by atoms with E-state index in [4.69, 9.17) is 4.74 Å². The summed E-state index contributed by atoms with van der Waals surface area (Å²) in [7, 11) is -2.17. The van der Waals surface area contributed by atoms with Crippen LogP contribution < -0.4 is 9.46 Å². The van der Waals surface area contributed by atoms with Gasteiger partial charge in [0.2, 0.25) is 0 Å². The number of imidazole rings is 1. The number of hydrogen-bond donors (Lipinski definition) is 1. The Labute approximate surface area is 141 Å². The average molecular weight is 345 g/mol. The molecule has 0 radical (unpaired) electrons. The minimum absolute atomic E-state index is 0.228. The summed E-state index contributed by atoms with van der Waals surface area (Å²) >= 11 is 0. The summed E-state index contributed by atoms with van der Waals surface area (Å²) in [6, 6.07) is 6.82. The number of ether oxygens (including phenoxy) is 1. The van der Waals surface area contributed by atoms with Crippen molar-refractivity contribution >= 4 is 21.4 Å². The molecule has 1 N–H and O–H groups in total. The third kappa shape index (κ3) is 2.82. The summed E-state index contributed by atoms with van der Waals surface area (Å²) in [5, 5.41) is 0. The molecule has 0 aliphatic rings. The maximum absolute atomic E-state index is 12.8. The van der Waals surface area contributed by atoms with Gasteiger partial charge < -0.3 is 9.14 Å². The van der Waals surface area contributed by atoms with Gasteiger partial charge in [-0.2, -0.15) is 0 Å². The van der Waals surface area contributed by atoms with E-state index in [-0.39, 0.29) is 4.90 Å². The zero-order valence-electron chi connectivity index (χ0n) is 14.0. The quantitative estimate of drug-likeness (QED) is 0.789. The first kappa shape index (κ1) is 16.3. The number of aryl methyl sites for hydroxylation is 3. The number of sulfonamides is 1. The molecule has 3 rings (SSSR count). The van der Waals surface area contributed by atoms with Gasteiger partial charge in [0.1, 0.15) is 5.75 Å². The maximum atomic E-state index is 12.8. The lowest BCUT2D eigenvalue weighted by Gasteiger charge is -2.13. The number of fused-ring (bicyclic) bond motifs is 1. The molecule has 2 heterocycles. The van der Waals surface area contributed by atoms with E-state index < -0.39 is 10.0 Å². The van der Waals surface area contributed by atoms with Crippen LogP contribution in [0.3, 0.4) is 0 Å². The van der Waals surface area contributed by atoms with Crippen LogP contribution >= 0.6 is 0 Å². The molecule has 2 aromatic heterocycles. The standard InChI is InChI=1S/C17H19N3O3S/c1-11-9-16(12(2)8-15(11)23-4)24(21,22)19-14-6-5-7-20-10-13(3)18-17(14)20/h5-10,19H,1-4H3. The van der Waals surface area contributed by atoms with Gasteiger partial charge in [-0.25, -0.2) is 13.4 Å². The lowest BCUT2D eigenvalue weighted by Crippen LogP contribution is -2.15. The van der Waals surface area contributed by atoms with Gasteiger partial charge in [-0.05, 0) is 56.2 Å². The fourth-order valence-electron chi connectivity index (χ4n) is 2.69. The summed E-state index contributed by atoms with van der Waals surface area (Å²) in [5.74, 6) is 0.664. The molecule has 126 valence electrons. The maximum Gasteiger partial charge on any atom is 0.262 e. The van der Waals surface area contributed by atoms with E-state index in [1.54, 1.807) is 42.7 Å². The van der Waals surface area contributed by atoms with Crippen molar-refractivity contribution in [1.29, 1.82) is 0 Å². The number of nitrogens with one attached hydrogen (secondary N) is 1. The Kier molecular flexibility index (Phi) is 3.96. The number of rotatable bonds is 4. The summed E-state index contributed by atoms with van der Waals surface area (Å²) < 4.78 is 35.4. The van der Waals surface area contributed by atoms with Crippen LogP contribution in [-0.4, -0.2) is 24.9 Å². The largest absolute Gasteiger partial charge is 0.496 e. The summed E-state index contributed by atoms with van der Waals surface area (Å²) in [5.41, 5.74) is 3.22. The number of nitrogens with zero attached hydrogens (tertiary/aromatic N) is 2. The number of anilines is 1. The number of aromatic nitrogens is 2. The normalized spacial score (nSPS) is 11.7. The van der Waals surface area contributed by atoms with E-state index in [9.17, 15) is 8.42 Å². The van der Waals surface area contributed by atoms with E-state index in [1.807, 2.05) is 26.2 Å². The van der Waals surface area contributed by atoms with Gasteiger partial charge >= 0.3 is 0 Å². The van der Waals surface area contributed by atoms with E-state index >= 15 is 0 Å². The lowest BCUT2D eigenvalue weighted by molar-refractivity contribution is 0.411. The molecule has 0 aliphatic carbocycles. The molecule has 1 aromatic carbocycles. The molecular formula is C17H19N3O3S. The first-order chi connectivity index (χ1) is 11.3. The summed E-state index contributed by atoms with van der Waals surface area (Å²) in [6.07, 6.45) is 3.67. The topological polar surface area (TPSA) is 72.7 Å². The molecule has 7 heteroatoms. The second-order valence-electron chi connectivity index (χ2n) is 5.73. The zero-order chi connectivity index (χ0) is 17.5. The number of pyridine rings is 1. The fourth-order valence-corrected chi connectivity index (χ4v) is 4.06. The highest BCUT2D eigenvalue weighted by Gasteiger charge is 2.20. The van der Waals surface area contributed by atoms with Gasteiger partial charge in [0.25, 0.3) is 10.0 Å². The minimum atomic E-state index is -3.73. The van der Waals surface area contributed by atoms with Gasteiger partial charge in [0.15, 0.2) is 5.65 Å². The fraction of sp³-hybridized carbons (Fsp3) is 0.235. The Morgan fingerprint density at radius 2 is 1.92 bits per heavy atom. The van der Waals surface area contributed by atoms with Crippen LogP contribution in [-0.2, 0) is 10.0 Å². The van der Waals surface area contributed by atoms with Crippen molar-refractivity contribution in [2.45, 2.75) is 25.7 Å². The Balaban J connectivity index is 2.07. The molecule has 3 aromatic rings. The van der Waals surface area contributed by atoms with Gasteiger partial charge in [-0.1, -0.05) is 0 Å². The van der Waals surface area contributed by atoms with Crippen LogP contribution in [0.1, 0.15) is 16.8 Å².